The lowest BCUT2D eigenvalue weighted by Gasteiger charge is -2.24. The van der Waals surface area contributed by atoms with Gasteiger partial charge >= 0.3 is 5.97 Å². The molecule has 2 N–H and O–H groups in total. The Balaban J connectivity index is 2.59. The van der Waals surface area contributed by atoms with Crippen LogP contribution in [0, 0.1) is 0 Å². The summed E-state index contributed by atoms with van der Waals surface area (Å²) >= 11 is 0. The summed E-state index contributed by atoms with van der Waals surface area (Å²) in [6.07, 6.45) is 1.28. The molecule has 0 saturated heterocycles. The minimum atomic E-state index is -0.987. The fourth-order valence-electron chi connectivity index (χ4n) is 1.60. The van der Waals surface area contributed by atoms with Crippen molar-refractivity contribution >= 4 is 5.97 Å². The van der Waals surface area contributed by atoms with Crippen molar-refractivity contribution in [2.45, 2.75) is 32.2 Å². The first-order valence-electron chi connectivity index (χ1n) is 6.80. The molecule has 0 fully saturated rings. The summed E-state index contributed by atoms with van der Waals surface area (Å²) in [6, 6.07) is 7.41. The maximum Gasteiger partial charge on any atom is 0.323 e. The first kappa shape index (κ1) is 16.3. The van der Waals surface area contributed by atoms with E-state index in [1.165, 1.54) is 0 Å². The molecule has 0 bridgehead atoms. The lowest BCUT2D eigenvalue weighted by molar-refractivity contribution is -0.144. The van der Waals surface area contributed by atoms with Gasteiger partial charge in [0.25, 0.3) is 0 Å². The second-order valence-electron chi connectivity index (χ2n) is 4.78. The Morgan fingerprint density at radius 2 is 1.80 bits per heavy atom. The molecule has 0 heterocycles. The lowest BCUT2D eigenvalue weighted by Crippen LogP contribution is -2.48. The number of aliphatic carboxylic acids is 1. The van der Waals surface area contributed by atoms with Crippen molar-refractivity contribution in [2.24, 2.45) is 0 Å². The second kappa shape index (κ2) is 7.75. The first-order valence-corrected chi connectivity index (χ1v) is 6.80. The van der Waals surface area contributed by atoms with Crippen LogP contribution in [0.3, 0.4) is 0 Å². The van der Waals surface area contributed by atoms with E-state index in [0.717, 1.165) is 6.42 Å². The Hall–Kier alpha value is -1.75. The van der Waals surface area contributed by atoms with E-state index in [9.17, 15) is 4.79 Å². The maximum absolute atomic E-state index is 11.2. The van der Waals surface area contributed by atoms with Crippen LogP contribution in [0.2, 0.25) is 0 Å². The van der Waals surface area contributed by atoms with E-state index in [1.807, 2.05) is 31.2 Å². The Kier molecular flexibility index (Phi) is 6.31. The Bertz CT molecular complexity index is 436. The second-order valence-corrected chi connectivity index (χ2v) is 4.78. The highest BCUT2D eigenvalue weighted by Crippen LogP contribution is 2.27. The van der Waals surface area contributed by atoms with Crippen LogP contribution < -0.4 is 14.8 Å². The van der Waals surface area contributed by atoms with Crippen molar-refractivity contribution in [1.82, 2.24) is 5.32 Å². The third-order valence-electron chi connectivity index (χ3n) is 3.19. The van der Waals surface area contributed by atoms with E-state index in [4.69, 9.17) is 14.6 Å². The average molecular weight is 281 g/mol. The molecular weight excluding hydrogens is 258 g/mol. The molecule has 0 aromatic heterocycles. The highest BCUT2D eigenvalue weighted by atomic mass is 16.5. The van der Waals surface area contributed by atoms with Crippen molar-refractivity contribution in [1.29, 1.82) is 0 Å². The highest BCUT2D eigenvalue weighted by molar-refractivity contribution is 5.78. The van der Waals surface area contributed by atoms with Crippen LogP contribution in [0.1, 0.15) is 26.7 Å². The van der Waals surface area contributed by atoms with Gasteiger partial charge in [0.15, 0.2) is 11.5 Å². The number of nitrogens with one attached hydrogen (secondary N) is 1. The zero-order chi connectivity index (χ0) is 15.0. The molecular formula is C15H23NO4. The van der Waals surface area contributed by atoms with Gasteiger partial charge in [0.05, 0.1) is 13.2 Å². The number of hydrogen-bond acceptors (Lipinski definition) is 4. The van der Waals surface area contributed by atoms with Gasteiger partial charge < -0.3 is 19.9 Å². The van der Waals surface area contributed by atoms with Crippen molar-refractivity contribution in [3.05, 3.63) is 24.3 Å². The van der Waals surface area contributed by atoms with E-state index in [-0.39, 0.29) is 0 Å². The van der Waals surface area contributed by atoms with Crippen LogP contribution in [-0.4, -0.2) is 36.9 Å². The zero-order valence-corrected chi connectivity index (χ0v) is 12.3. The summed E-state index contributed by atoms with van der Waals surface area (Å²) in [5, 5.41) is 12.0. The Labute approximate surface area is 119 Å². The van der Waals surface area contributed by atoms with Crippen LogP contribution in [0.5, 0.6) is 11.5 Å². The van der Waals surface area contributed by atoms with Crippen LogP contribution in [-0.2, 0) is 4.79 Å². The quantitative estimate of drug-likeness (QED) is 0.727. The molecule has 1 atom stereocenters. The summed E-state index contributed by atoms with van der Waals surface area (Å²) in [7, 11) is 1.63. The van der Waals surface area contributed by atoms with Crippen LogP contribution in [0.25, 0.3) is 0 Å². The lowest BCUT2D eigenvalue weighted by atomic mass is 9.99. The molecule has 0 aliphatic heterocycles. The molecule has 0 aliphatic carbocycles. The smallest absolute Gasteiger partial charge is 0.323 e. The summed E-state index contributed by atoms with van der Waals surface area (Å²) in [5.74, 6) is 0.444. The van der Waals surface area contributed by atoms with E-state index < -0.39 is 11.5 Å². The molecule has 1 rings (SSSR count). The minimum Gasteiger partial charge on any atom is -0.490 e. The molecule has 1 unspecified atom stereocenters. The fourth-order valence-corrected chi connectivity index (χ4v) is 1.60. The largest absolute Gasteiger partial charge is 0.490 e. The zero-order valence-electron chi connectivity index (χ0n) is 12.3. The van der Waals surface area contributed by atoms with Gasteiger partial charge in [-0.3, -0.25) is 4.79 Å². The summed E-state index contributed by atoms with van der Waals surface area (Å²) in [5.41, 5.74) is -0.987. The van der Waals surface area contributed by atoms with E-state index >= 15 is 0 Å². The maximum atomic E-state index is 11.2. The average Bonchev–Trinajstić information content (AvgIpc) is 2.45. The third-order valence-corrected chi connectivity index (χ3v) is 3.19. The van der Waals surface area contributed by atoms with Gasteiger partial charge in [0.2, 0.25) is 0 Å². The van der Waals surface area contributed by atoms with E-state index in [0.29, 0.717) is 31.1 Å². The molecule has 5 nitrogen and oxygen atoms in total. The molecule has 0 amide bonds. The number of ether oxygens (including phenoxy) is 2. The predicted molar refractivity (Wildman–Crippen MR) is 77.4 cm³/mol. The van der Waals surface area contributed by atoms with Crippen molar-refractivity contribution in [2.75, 3.05) is 20.3 Å². The highest BCUT2D eigenvalue weighted by Gasteiger charge is 2.30. The van der Waals surface area contributed by atoms with Gasteiger partial charge in [-0.2, -0.15) is 0 Å². The monoisotopic (exact) mass is 281 g/mol. The van der Waals surface area contributed by atoms with Gasteiger partial charge in [0, 0.05) is 6.42 Å². The molecule has 5 heteroatoms. The number of benzene rings is 1. The molecule has 1 aromatic rings. The number of rotatable bonds is 9. The first-order chi connectivity index (χ1) is 9.53. The van der Waals surface area contributed by atoms with Gasteiger partial charge in [-0.1, -0.05) is 19.1 Å². The van der Waals surface area contributed by atoms with E-state index in [2.05, 4.69) is 5.32 Å². The molecule has 0 spiro atoms. The van der Waals surface area contributed by atoms with Gasteiger partial charge in [-0.05, 0) is 32.5 Å². The standard InChI is InChI=1S/C15H23NO4/c1-4-10-19-12-7-5-6-8-13(12)20-11-9-15(2,16-3)14(17)18/h5-8,16H,4,9-11H2,1-3H3,(H,17,18). The van der Waals surface area contributed by atoms with Crippen LogP contribution >= 0.6 is 0 Å². The van der Waals surface area contributed by atoms with Gasteiger partial charge in [-0.25, -0.2) is 0 Å². The third kappa shape index (κ3) is 4.42. The predicted octanol–water partition coefficient (Wildman–Crippen LogP) is 2.31. The van der Waals surface area contributed by atoms with Gasteiger partial charge in [-0.15, -0.1) is 0 Å². The number of carboxylic acid groups (broad SMARTS) is 1. The SMILES string of the molecule is CCCOc1ccccc1OCCC(C)(NC)C(=O)O. The van der Waals surface area contributed by atoms with Crippen LogP contribution in [0.15, 0.2) is 24.3 Å². The normalized spacial score (nSPS) is 13.6. The summed E-state index contributed by atoms with van der Waals surface area (Å²) in [4.78, 5) is 11.2. The Morgan fingerprint density at radius 3 is 2.25 bits per heavy atom. The molecule has 0 saturated carbocycles. The van der Waals surface area contributed by atoms with Crippen LogP contribution in [0.4, 0.5) is 0 Å². The number of para-hydroxylation sites is 2. The Morgan fingerprint density at radius 1 is 1.25 bits per heavy atom. The number of carbonyl (C=O) groups is 1. The number of hydrogen-bond donors (Lipinski definition) is 2. The van der Waals surface area contributed by atoms with Crippen molar-refractivity contribution < 1.29 is 19.4 Å². The topological polar surface area (TPSA) is 67.8 Å². The fraction of sp³-hybridized carbons (Fsp3) is 0.533. The molecule has 1 aromatic carbocycles. The van der Waals surface area contributed by atoms with E-state index in [1.54, 1.807) is 14.0 Å². The number of likely N-dealkylation sites (N-methyl/N-ethyl adjacent to an activating group) is 1. The molecule has 0 radical (unpaired) electrons. The van der Waals surface area contributed by atoms with Crippen molar-refractivity contribution in [3.63, 3.8) is 0 Å². The summed E-state index contributed by atoms with van der Waals surface area (Å²) in [6.45, 7) is 4.60. The number of carboxylic acids is 1. The molecule has 112 valence electrons. The minimum absolute atomic E-state index is 0.302. The van der Waals surface area contributed by atoms with Crippen molar-refractivity contribution in [3.8, 4) is 11.5 Å². The molecule has 0 aliphatic rings. The molecule has 20 heavy (non-hydrogen) atoms. The van der Waals surface area contributed by atoms with Gasteiger partial charge in [0.1, 0.15) is 5.54 Å². The summed E-state index contributed by atoms with van der Waals surface area (Å²) < 4.78 is 11.2.